The molecule has 4 aromatic carbocycles. The highest BCUT2D eigenvalue weighted by molar-refractivity contribution is 7.92. The second-order valence-electron chi connectivity index (χ2n) is 12.4. The van der Waals surface area contributed by atoms with Crippen molar-refractivity contribution in [1.29, 1.82) is 0 Å². The molecular weight excluding hydrogens is 595 g/mol. The van der Waals surface area contributed by atoms with E-state index in [0.29, 0.717) is 12.2 Å². The molecule has 1 atom stereocenters. The number of nitrogens with zero attached hydrogens (tertiary/aromatic N) is 2. The van der Waals surface area contributed by atoms with Crippen molar-refractivity contribution in [2.75, 3.05) is 17.4 Å². The highest BCUT2D eigenvalue weighted by Gasteiger charge is 2.34. The number of benzene rings is 4. The summed E-state index contributed by atoms with van der Waals surface area (Å²) >= 11 is 0. The number of carbonyl (C=O) groups is 2. The Morgan fingerprint density at radius 3 is 1.96 bits per heavy atom. The fraction of sp³-hybridized carbons (Fsp3) is 0.316. The number of anilines is 1. The van der Waals surface area contributed by atoms with Crippen LogP contribution in [0, 0.1) is 12.8 Å². The van der Waals surface area contributed by atoms with Gasteiger partial charge < -0.3 is 10.2 Å². The maximum absolute atomic E-state index is 14.6. The van der Waals surface area contributed by atoms with Crippen molar-refractivity contribution in [3.63, 3.8) is 0 Å². The summed E-state index contributed by atoms with van der Waals surface area (Å²) in [5.74, 6) is -0.294. The number of aryl methyl sites for hydroxylation is 1. The van der Waals surface area contributed by atoms with Crippen LogP contribution < -0.4 is 9.62 Å². The van der Waals surface area contributed by atoms with Gasteiger partial charge in [-0.25, -0.2) is 8.42 Å². The lowest BCUT2D eigenvalue weighted by atomic mass is 10.0. The zero-order valence-corrected chi connectivity index (χ0v) is 28.2. The quantitative estimate of drug-likeness (QED) is 0.166. The predicted octanol–water partition coefficient (Wildman–Crippen LogP) is 6.73. The average molecular weight is 640 g/mol. The van der Waals surface area contributed by atoms with Crippen molar-refractivity contribution in [2.45, 2.75) is 64.4 Å². The molecule has 242 valence electrons. The fourth-order valence-corrected chi connectivity index (χ4v) is 6.69. The van der Waals surface area contributed by atoms with Crippen LogP contribution in [0.3, 0.4) is 0 Å². The maximum atomic E-state index is 14.6. The normalized spacial score (nSPS) is 12.2. The Morgan fingerprint density at radius 1 is 0.761 bits per heavy atom. The van der Waals surface area contributed by atoms with Crippen LogP contribution in [0.2, 0.25) is 0 Å². The van der Waals surface area contributed by atoms with Gasteiger partial charge in [-0.05, 0) is 59.7 Å². The van der Waals surface area contributed by atoms with Crippen LogP contribution in [0.15, 0.2) is 114 Å². The molecule has 0 aliphatic rings. The molecule has 0 saturated carbocycles. The Labute approximate surface area is 274 Å². The number of hydrogen-bond acceptors (Lipinski definition) is 4. The zero-order chi connectivity index (χ0) is 33.3. The van der Waals surface area contributed by atoms with E-state index >= 15 is 0 Å². The van der Waals surface area contributed by atoms with Crippen LogP contribution in [0.25, 0.3) is 0 Å². The Kier molecular flexibility index (Phi) is 11.8. The summed E-state index contributed by atoms with van der Waals surface area (Å²) in [4.78, 5) is 30.1. The van der Waals surface area contributed by atoms with E-state index in [2.05, 4.69) is 19.2 Å². The summed E-state index contributed by atoms with van der Waals surface area (Å²) in [5.41, 5.74) is 4.19. The minimum absolute atomic E-state index is 0.0801. The number of sulfonamides is 1. The van der Waals surface area contributed by atoms with Crippen molar-refractivity contribution < 1.29 is 18.0 Å². The van der Waals surface area contributed by atoms with Gasteiger partial charge >= 0.3 is 0 Å². The topological polar surface area (TPSA) is 86.8 Å². The zero-order valence-electron chi connectivity index (χ0n) is 27.4. The number of amides is 2. The number of hydrogen-bond donors (Lipinski definition) is 1. The second-order valence-corrected chi connectivity index (χ2v) is 14.3. The van der Waals surface area contributed by atoms with Gasteiger partial charge in [0.2, 0.25) is 11.8 Å². The van der Waals surface area contributed by atoms with Crippen LogP contribution in [-0.2, 0) is 32.6 Å². The Balaban J connectivity index is 1.80. The van der Waals surface area contributed by atoms with E-state index in [-0.39, 0.29) is 35.6 Å². The van der Waals surface area contributed by atoms with Crippen molar-refractivity contribution >= 4 is 27.5 Å². The third kappa shape index (κ3) is 9.07. The molecule has 4 rings (SSSR count). The average Bonchev–Trinajstić information content (AvgIpc) is 3.05. The van der Waals surface area contributed by atoms with Gasteiger partial charge in [0.25, 0.3) is 10.0 Å². The third-order valence-corrected chi connectivity index (χ3v) is 9.64. The van der Waals surface area contributed by atoms with Crippen LogP contribution in [0.5, 0.6) is 0 Å². The molecule has 0 spiro atoms. The lowest BCUT2D eigenvalue weighted by Gasteiger charge is -2.34. The smallest absolute Gasteiger partial charge is 0.264 e. The molecule has 0 bridgehead atoms. The first-order valence-corrected chi connectivity index (χ1v) is 17.2. The molecule has 8 heteroatoms. The maximum Gasteiger partial charge on any atom is 0.264 e. The SMILES string of the molecule is Cc1cccc(CN(C(=O)CN(c2ccc(C(C)C)cc2)S(=O)(=O)c2ccccc2)[C@@H](Cc2ccccc2)C(=O)NCC(C)C)c1. The highest BCUT2D eigenvalue weighted by Crippen LogP contribution is 2.27. The summed E-state index contributed by atoms with van der Waals surface area (Å²) in [5, 5.41) is 3.03. The number of nitrogens with one attached hydrogen (secondary N) is 1. The monoisotopic (exact) mass is 639 g/mol. The van der Waals surface area contributed by atoms with Gasteiger partial charge in [0.05, 0.1) is 10.6 Å². The van der Waals surface area contributed by atoms with E-state index in [1.807, 2.05) is 87.5 Å². The molecule has 46 heavy (non-hydrogen) atoms. The molecule has 7 nitrogen and oxygen atoms in total. The van der Waals surface area contributed by atoms with Gasteiger partial charge in [-0.15, -0.1) is 0 Å². The largest absolute Gasteiger partial charge is 0.354 e. The van der Waals surface area contributed by atoms with E-state index in [9.17, 15) is 18.0 Å². The second kappa shape index (κ2) is 15.7. The van der Waals surface area contributed by atoms with Gasteiger partial charge in [-0.3, -0.25) is 13.9 Å². The predicted molar refractivity (Wildman–Crippen MR) is 185 cm³/mol. The summed E-state index contributed by atoms with van der Waals surface area (Å²) in [7, 11) is -4.14. The summed E-state index contributed by atoms with van der Waals surface area (Å²) < 4.78 is 29.5. The molecule has 0 radical (unpaired) electrons. The lowest BCUT2D eigenvalue weighted by molar-refractivity contribution is -0.140. The Hall–Kier alpha value is -4.43. The molecule has 1 N–H and O–H groups in total. The first-order chi connectivity index (χ1) is 22.0. The molecular formula is C38H45N3O4S. The molecule has 0 aliphatic carbocycles. The van der Waals surface area contributed by atoms with Crippen molar-refractivity contribution in [2.24, 2.45) is 5.92 Å². The van der Waals surface area contributed by atoms with E-state index in [1.165, 1.54) is 17.0 Å². The van der Waals surface area contributed by atoms with Crippen LogP contribution in [-0.4, -0.2) is 44.3 Å². The molecule has 0 aliphatic heterocycles. The third-order valence-electron chi connectivity index (χ3n) is 7.85. The standard InChI is InChI=1S/C38H45N3O4S/c1-28(2)25-39-38(43)36(24-31-14-8-6-9-15-31)40(26-32-16-12-13-30(5)23-32)37(42)27-41(34-21-19-33(20-22-34)29(3)4)46(44,45)35-17-10-7-11-18-35/h6-23,28-29,36H,24-27H2,1-5H3,(H,39,43)/t36-/m0/s1. The van der Waals surface area contributed by atoms with Crippen molar-refractivity contribution in [1.82, 2.24) is 10.2 Å². The summed E-state index contributed by atoms with van der Waals surface area (Å²) in [6, 6.07) is 31.9. The van der Waals surface area contributed by atoms with Gasteiger partial charge in [-0.2, -0.15) is 0 Å². The molecule has 4 aromatic rings. The minimum atomic E-state index is -4.14. The molecule has 0 saturated heterocycles. The van der Waals surface area contributed by atoms with E-state index < -0.39 is 28.5 Å². The van der Waals surface area contributed by atoms with Crippen molar-refractivity contribution in [3.05, 3.63) is 131 Å². The lowest BCUT2D eigenvalue weighted by Crippen LogP contribution is -2.53. The number of carbonyl (C=O) groups excluding carboxylic acids is 2. The summed E-state index contributed by atoms with van der Waals surface area (Å²) in [6.07, 6.45) is 0.275. The Bertz CT molecular complexity index is 1690. The molecule has 0 heterocycles. The molecule has 0 fully saturated rings. The van der Waals surface area contributed by atoms with Gasteiger partial charge in [0.15, 0.2) is 0 Å². The first-order valence-electron chi connectivity index (χ1n) is 15.8. The van der Waals surface area contributed by atoms with E-state index in [1.54, 1.807) is 30.3 Å². The molecule has 0 unspecified atom stereocenters. The van der Waals surface area contributed by atoms with E-state index in [0.717, 1.165) is 26.6 Å². The van der Waals surface area contributed by atoms with Crippen LogP contribution in [0.1, 0.15) is 55.9 Å². The van der Waals surface area contributed by atoms with Gasteiger partial charge in [0, 0.05) is 19.5 Å². The Morgan fingerprint density at radius 2 is 1.37 bits per heavy atom. The summed E-state index contributed by atoms with van der Waals surface area (Å²) in [6.45, 7) is 10.2. The van der Waals surface area contributed by atoms with Crippen LogP contribution in [0.4, 0.5) is 5.69 Å². The first kappa shape index (κ1) is 34.4. The van der Waals surface area contributed by atoms with E-state index in [4.69, 9.17) is 0 Å². The fourth-order valence-electron chi connectivity index (χ4n) is 5.26. The number of rotatable bonds is 14. The van der Waals surface area contributed by atoms with Gasteiger partial charge in [0.1, 0.15) is 12.6 Å². The van der Waals surface area contributed by atoms with Crippen molar-refractivity contribution in [3.8, 4) is 0 Å². The molecule has 0 aromatic heterocycles. The van der Waals surface area contributed by atoms with Gasteiger partial charge in [-0.1, -0.05) is 118 Å². The van der Waals surface area contributed by atoms with Crippen LogP contribution >= 0.6 is 0 Å². The minimum Gasteiger partial charge on any atom is -0.354 e. The molecule has 2 amide bonds. The highest BCUT2D eigenvalue weighted by atomic mass is 32.2.